The highest BCUT2D eigenvalue weighted by atomic mass is 35.5. The molecule has 44 heavy (non-hydrogen) atoms. The van der Waals surface area contributed by atoms with Gasteiger partial charge in [0.25, 0.3) is 5.56 Å². The summed E-state index contributed by atoms with van der Waals surface area (Å²) in [6.07, 6.45) is 0.0265. The Labute approximate surface area is 255 Å². The average molecular weight is 634 g/mol. The normalized spacial score (nSPS) is 17.6. The summed E-state index contributed by atoms with van der Waals surface area (Å²) in [5, 5.41) is 6.87. The number of amides is 2. The monoisotopic (exact) mass is 633 g/mol. The minimum Gasteiger partial charge on any atom is -0.377 e. The summed E-state index contributed by atoms with van der Waals surface area (Å²) in [7, 11) is 0. The van der Waals surface area contributed by atoms with Gasteiger partial charge in [-0.3, -0.25) is 14.4 Å². The Morgan fingerprint density at radius 3 is 2.52 bits per heavy atom. The van der Waals surface area contributed by atoms with E-state index in [2.05, 4.69) is 15.4 Å². The van der Waals surface area contributed by atoms with Crippen LogP contribution < -0.4 is 15.8 Å². The smallest absolute Gasteiger partial charge is 0.377 e. The maximum atomic E-state index is 14.0. The molecule has 3 aromatic rings. The number of aromatic nitrogens is 4. The molecule has 6 rings (SSSR count). The molecule has 1 N–H and O–H groups in total. The van der Waals surface area contributed by atoms with Gasteiger partial charge in [-0.25, -0.2) is 0 Å². The van der Waals surface area contributed by atoms with Crippen molar-refractivity contribution in [3.63, 3.8) is 0 Å². The fraction of sp³-hybridized carbons (Fsp3) is 0.483. The second-order valence-corrected chi connectivity index (χ2v) is 11.5. The van der Waals surface area contributed by atoms with Crippen LogP contribution in [0.2, 0.25) is 5.02 Å². The molecule has 15 heteroatoms. The van der Waals surface area contributed by atoms with Crippen LogP contribution in [0.3, 0.4) is 0 Å². The van der Waals surface area contributed by atoms with E-state index < -0.39 is 17.6 Å². The van der Waals surface area contributed by atoms with Gasteiger partial charge >= 0.3 is 6.18 Å². The number of carbonyl (C=O) groups excluding carboxylic acids is 2. The van der Waals surface area contributed by atoms with Gasteiger partial charge in [-0.15, -0.1) is 5.10 Å². The zero-order valence-electron chi connectivity index (χ0n) is 24.0. The SMILES string of the molecule is CCc1c(N2CCN(C(=O)C3CC3)CC2)c(=O)n2nc(C3=CCOCC3)nc2n1CC(=O)Nc1ccc(C(F)(F)F)cc1Cl. The first-order chi connectivity index (χ1) is 21.0. The summed E-state index contributed by atoms with van der Waals surface area (Å²) < 4.78 is 47.6. The summed E-state index contributed by atoms with van der Waals surface area (Å²) in [5.74, 6) is 0.190. The lowest BCUT2D eigenvalue weighted by molar-refractivity contribution is -0.137. The standard InChI is InChI=1S/C29H31ClF3N7O4/c1-2-22-24(37-9-11-38(12-10-37)26(42)18-3-4-18)27(43)40-28(35-25(36-40)17-7-13-44-14-8-17)39(22)16-23(41)34-21-6-5-19(15-20(21)30)29(31,32)33/h5-7,15,18H,2-4,8-14,16H2,1H3,(H,34,41). The molecule has 1 saturated carbocycles. The molecule has 11 nitrogen and oxygen atoms in total. The Kier molecular flexibility index (Phi) is 8.14. The number of rotatable bonds is 7. The lowest BCUT2D eigenvalue weighted by atomic mass is 10.1. The first kappa shape index (κ1) is 30.1. The third kappa shape index (κ3) is 5.92. The first-order valence-corrected chi connectivity index (χ1v) is 14.9. The van der Waals surface area contributed by atoms with Crippen LogP contribution in [0, 0.1) is 5.92 Å². The lowest BCUT2D eigenvalue weighted by Crippen LogP contribution is -2.51. The topological polar surface area (TPSA) is 114 Å². The number of nitrogens with zero attached hydrogens (tertiary/aromatic N) is 6. The molecular weight excluding hydrogens is 603 g/mol. The van der Waals surface area contributed by atoms with Crippen molar-refractivity contribution in [2.45, 2.75) is 45.3 Å². The van der Waals surface area contributed by atoms with Gasteiger partial charge in [0, 0.05) is 32.1 Å². The highest BCUT2D eigenvalue weighted by molar-refractivity contribution is 6.33. The molecule has 0 spiro atoms. The van der Waals surface area contributed by atoms with E-state index in [4.69, 9.17) is 16.3 Å². The molecule has 2 aromatic heterocycles. The average Bonchev–Trinajstić information content (AvgIpc) is 3.76. The molecule has 2 aliphatic heterocycles. The highest BCUT2D eigenvalue weighted by Crippen LogP contribution is 2.34. The highest BCUT2D eigenvalue weighted by Gasteiger charge is 2.36. The number of ether oxygens (including phenoxy) is 1. The molecule has 2 fully saturated rings. The van der Waals surface area contributed by atoms with E-state index in [9.17, 15) is 27.6 Å². The number of nitrogens with one attached hydrogen (secondary N) is 1. The summed E-state index contributed by atoms with van der Waals surface area (Å²) in [5.41, 5.74) is 0.449. The van der Waals surface area contributed by atoms with E-state index in [1.165, 1.54) is 4.52 Å². The zero-order valence-corrected chi connectivity index (χ0v) is 24.7. The van der Waals surface area contributed by atoms with E-state index in [1.54, 1.807) is 4.57 Å². The van der Waals surface area contributed by atoms with E-state index in [-0.39, 0.29) is 40.4 Å². The number of hydrogen-bond acceptors (Lipinski definition) is 7. The summed E-state index contributed by atoms with van der Waals surface area (Å²) >= 11 is 6.09. The fourth-order valence-corrected chi connectivity index (χ4v) is 5.89. The second kappa shape index (κ2) is 11.9. The Bertz CT molecular complexity index is 1710. The van der Waals surface area contributed by atoms with Crippen molar-refractivity contribution in [3.05, 3.63) is 56.7 Å². The number of piperazine rings is 1. The minimum atomic E-state index is -4.58. The van der Waals surface area contributed by atoms with E-state index in [0.717, 1.165) is 36.6 Å². The third-order valence-electron chi connectivity index (χ3n) is 8.12. The van der Waals surface area contributed by atoms with Crippen molar-refractivity contribution in [3.8, 4) is 0 Å². The zero-order chi connectivity index (χ0) is 31.2. The van der Waals surface area contributed by atoms with Crippen LogP contribution >= 0.6 is 11.6 Å². The van der Waals surface area contributed by atoms with Gasteiger partial charge in [-0.1, -0.05) is 24.6 Å². The molecule has 0 bridgehead atoms. The van der Waals surface area contributed by atoms with Crippen LogP contribution in [0.5, 0.6) is 0 Å². The van der Waals surface area contributed by atoms with Crippen molar-refractivity contribution >= 4 is 46.1 Å². The van der Waals surface area contributed by atoms with Gasteiger partial charge < -0.3 is 24.4 Å². The van der Waals surface area contributed by atoms with Crippen LogP contribution in [0.4, 0.5) is 24.5 Å². The molecular formula is C29H31ClF3N7O4. The maximum Gasteiger partial charge on any atom is 0.416 e. The van der Waals surface area contributed by atoms with E-state index in [1.807, 2.05) is 22.8 Å². The largest absolute Gasteiger partial charge is 0.416 e. The maximum absolute atomic E-state index is 14.0. The predicted octanol–water partition coefficient (Wildman–Crippen LogP) is 3.63. The summed E-state index contributed by atoms with van der Waals surface area (Å²) in [6, 6.07) is 2.70. The lowest BCUT2D eigenvalue weighted by Gasteiger charge is -2.37. The Morgan fingerprint density at radius 2 is 1.91 bits per heavy atom. The minimum absolute atomic E-state index is 0.0194. The number of hydrogen-bond donors (Lipinski definition) is 1. The van der Waals surface area contributed by atoms with Crippen LogP contribution in [0.25, 0.3) is 11.4 Å². The Balaban J connectivity index is 1.36. The van der Waals surface area contributed by atoms with Gasteiger partial charge in [0.15, 0.2) is 5.82 Å². The van der Waals surface area contributed by atoms with Crippen molar-refractivity contribution in [1.29, 1.82) is 0 Å². The molecule has 4 heterocycles. The molecule has 2 amide bonds. The van der Waals surface area contributed by atoms with Crippen LogP contribution in [0.1, 0.15) is 43.3 Å². The second-order valence-electron chi connectivity index (χ2n) is 11.1. The summed E-state index contributed by atoms with van der Waals surface area (Å²) in [4.78, 5) is 48.4. The molecule has 0 atom stereocenters. The molecule has 1 saturated heterocycles. The molecule has 234 valence electrons. The number of alkyl halides is 3. The van der Waals surface area contributed by atoms with Gasteiger partial charge in [0.2, 0.25) is 17.6 Å². The van der Waals surface area contributed by atoms with Crippen LogP contribution in [0.15, 0.2) is 29.1 Å². The first-order valence-electron chi connectivity index (χ1n) is 14.5. The number of benzene rings is 1. The fourth-order valence-electron chi connectivity index (χ4n) is 5.66. The number of fused-ring (bicyclic) bond motifs is 1. The molecule has 0 radical (unpaired) electrons. The van der Waals surface area contributed by atoms with Gasteiger partial charge in [-0.2, -0.15) is 22.7 Å². The summed E-state index contributed by atoms with van der Waals surface area (Å²) in [6.45, 7) is 4.24. The van der Waals surface area contributed by atoms with Crippen molar-refractivity contribution in [2.24, 2.45) is 5.92 Å². The quantitative estimate of drug-likeness (QED) is 0.423. The van der Waals surface area contributed by atoms with E-state index in [0.29, 0.717) is 69.4 Å². The Morgan fingerprint density at radius 1 is 1.16 bits per heavy atom. The molecule has 1 aromatic carbocycles. The molecule has 0 unspecified atom stereocenters. The predicted molar refractivity (Wildman–Crippen MR) is 157 cm³/mol. The Hall–Kier alpha value is -3.91. The number of carbonyl (C=O) groups is 2. The van der Waals surface area contributed by atoms with Crippen LogP contribution in [-0.4, -0.2) is 75.3 Å². The van der Waals surface area contributed by atoms with Gasteiger partial charge in [-0.05, 0) is 49.5 Å². The van der Waals surface area contributed by atoms with Gasteiger partial charge in [0.1, 0.15) is 12.2 Å². The van der Waals surface area contributed by atoms with Crippen LogP contribution in [-0.2, 0) is 33.5 Å². The van der Waals surface area contributed by atoms with Gasteiger partial charge in [0.05, 0.1) is 35.2 Å². The third-order valence-corrected chi connectivity index (χ3v) is 8.43. The molecule has 1 aliphatic carbocycles. The molecule has 3 aliphatic rings. The van der Waals surface area contributed by atoms with Crippen molar-refractivity contribution in [2.75, 3.05) is 49.6 Å². The number of anilines is 2. The van der Waals surface area contributed by atoms with E-state index >= 15 is 0 Å². The van der Waals surface area contributed by atoms with Crippen molar-refractivity contribution in [1.82, 2.24) is 24.1 Å². The van der Waals surface area contributed by atoms with Crippen molar-refractivity contribution < 1.29 is 27.5 Å². The number of halogens is 4.